The number of carbonyl (C=O) groups excluding carboxylic acids is 1. The van der Waals surface area contributed by atoms with E-state index < -0.39 is 24.5 Å². The molecule has 1 aliphatic rings. The van der Waals surface area contributed by atoms with Crippen LogP contribution in [0.3, 0.4) is 0 Å². The standard InChI is InChI=1S/C22H23N9O4S/c1-2-12-4-3-5-13(8-12)6-7-25-15(32)10-36-22-29-16-19(23)26-11-27-20(16)31(22)21-18(34)17(33)14(35-21)9-28-30-24/h1,3-5,8,11,14,17-18,21,33-34H,6-7,9-10H2,(H,25,32)(H2,23,26,27)/t14-,17-,18-,21-/m1/s1. The van der Waals surface area contributed by atoms with Crippen LogP contribution >= 0.6 is 11.8 Å². The molecule has 13 nitrogen and oxygen atoms in total. The molecule has 14 heteroatoms. The van der Waals surface area contributed by atoms with Gasteiger partial charge in [0.25, 0.3) is 0 Å². The second kappa shape index (κ2) is 11.3. The number of ether oxygens (including phenoxy) is 1. The van der Waals surface area contributed by atoms with Gasteiger partial charge in [0.1, 0.15) is 18.5 Å². The second-order valence-electron chi connectivity index (χ2n) is 7.89. The van der Waals surface area contributed by atoms with Crippen molar-refractivity contribution in [3.63, 3.8) is 0 Å². The van der Waals surface area contributed by atoms with Crippen LogP contribution in [0.25, 0.3) is 21.6 Å². The lowest BCUT2D eigenvalue weighted by atomic mass is 10.1. The van der Waals surface area contributed by atoms with Gasteiger partial charge in [-0.05, 0) is 29.6 Å². The van der Waals surface area contributed by atoms with Gasteiger partial charge in [0.2, 0.25) is 5.91 Å². The summed E-state index contributed by atoms with van der Waals surface area (Å²) < 4.78 is 7.25. The zero-order chi connectivity index (χ0) is 25.7. The van der Waals surface area contributed by atoms with Crippen molar-refractivity contribution in [1.82, 2.24) is 24.8 Å². The normalized spacial score (nSPS) is 21.1. The van der Waals surface area contributed by atoms with Crippen LogP contribution in [0.5, 0.6) is 0 Å². The van der Waals surface area contributed by atoms with Crippen LogP contribution in [0.4, 0.5) is 5.82 Å². The number of nitrogens with two attached hydrogens (primary N) is 1. The number of fused-ring (bicyclic) bond motifs is 1. The molecule has 0 aliphatic carbocycles. The summed E-state index contributed by atoms with van der Waals surface area (Å²) in [4.78, 5) is 27.8. The minimum atomic E-state index is -1.37. The Labute approximate surface area is 209 Å². The average Bonchev–Trinajstić information content (AvgIpc) is 3.39. The van der Waals surface area contributed by atoms with Gasteiger partial charge < -0.3 is 26.0 Å². The summed E-state index contributed by atoms with van der Waals surface area (Å²) in [7, 11) is 0. The molecular weight excluding hydrogens is 486 g/mol. The summed E-state index contributed by atoms with van der Waals surface area (Å²) in [6.45, 7) is 0.240. The maximum atomic E-state index is 12.5. The van der Waals surface area contributed by atoms with Gasteiger partial charge in [0.15, 0.2) is 28.4 Å². The number of nitrogens with one attached hydrogen (secondary N) is 1. The van der Waals surface area contributed by atoms with E-state index in [4.69, 9.17) is 22.4 Å². The molecule has 1 aromatic carbocycles. The molecule has 4 rings (SSSR count). The van der Waals surface area contributed by atoms with Gasteiger partial charge in [-0.3, -0.25) is 9.36 Å². The molecule has 1 saturated heterocycles. The van der Waals surface area contributed by atoms with Crippen molar-refractivity contribution in [2.75, 3.05) is 24.6 Å². The quantitative estimate of drug-likeness (QED) is 0.106. The Kier molecular flexibility index (Phi) is 7.89. The summed E-state index contributed by atoms with van der Waals surface area (Å²) in [5, 5.41) is 27.6. The molecule has 36 heavy (non-hydrogen) atoms. The van der Waals surface area contributed by atoms with Crippen LogP contribution in [0.15, 0.2) is 40.9 Å². The smallest absolute Gasteiger partial charge is 0.230 e. The lowest BCUT2D eigenvalue weighted by Gasteiger charge is -2.19. The number of aliphatic hydroxyl groups is 2. The highest BCUT2D eigenvalue weighted by Gasteiger charge is 2.45. The first-order chi connectivity index (χ1) is 17.4. The third kappa shape index (κ3) is 5.35. The predicted molar refractivity (Wildman–Crippen MR) is 131 cm³/mol. The van der Waals surface area contributed by atoms with Crippen LogP contribution < -0.4 is 11.1 Å². The van der Waals surface area contributed by atoms with Crippen molar-refractivity contribution in [3.8, 4) is 12.3 Å². The van der Waals surface area contributed by atoms with Crippen LogP contribution in [-0.4, -0.2) is 72.8 Å². The van der Waals surface area contributed by atoms with Crippen LogP contribution in [0.1, 0.15) is 17.4 Å². The van der Waals surface area contributed by atoms with E-state index in [0.717, 1.165) is 22.9 Å². The molecule has 5 N–H and O–H groups in total. The van der Waals surface area contributed by atoms with Gasteiger partial charge >= 0.3 is 0 Å². The maximum absolute atomic E-state index is 12.5. The fraction of sp³-hybridized carbons (Fsp3) is 0.364. The summed E-state index contributed by atoms with van der Waals surface area (Å²) >= 11 is 1.09. The third-order valence-corrected chi connectivity index (χ3v) is 6.50. The molecular formula is C22H23N9O4S. The largest absolute Gasteiger partial charge is 0.388 e. The number of aromatic nitrogens is 4. The molecule has 2 aromatic heterocycles. The summed E-state index contributed by atoms with van der Waals surface area (Å²) in [5.74, 6) is 2.47. The van der Waals surface area contributed by atoms with E-state index in [1.54, 1.807) is 0 Å². The Morgan fingerprint density at radius 3 is 3.00 bits per heavy atom. The van der Waals surface area contributed by atoms with E-state index >= 15 is 0 Å². The number of benzene rings is 1. The number of hydrogen-bond donors (Lipinski definition) is 4. The zero-order valence-electron chi connectivity index (χ0n) is 18.9. The van der Waals surface area contributed by atoms with Gasteiger partial charge in [-0.2, -0.15) is 0 Å². The summed E-state index contributed by atoms with van der Waals surface area (Å²) in [5.41, 5.74) is 16.8. The highest BCUT2D eigenvalue weighted by atomic mass is 32.2. The highest BCUT2D eigenvalue weighted by Crippen LogP contribution is 2.36. The Bertz CT molecular complexity index is 1350. The van der Waals surface area contributed by atoms with Gasteiger partial charge in [0.05, 0.1) is 18.4 Å². The molecule has 3 heterocycles. The predicted octanol–water partition coefficient (Wildman–Crippen LogP) is 0.770. The van der Waals surface area contributed by atoms with Crippen LogP contribution in [0.2, 0.25) is 0 Å². The van der Waals surface area contributed by atoms with Crippen LogP contribution in [0, 0.1) is 12.3 Å². The highest BCUT2D eigenvalue weighted by molar-refractivity contribution is 7.99. The van der Waals surface area contributed by atoms with E-state index in [1.807, 2.05) is 24.3 Å². The van der Waals surface area contributed by atoms with Crippen molar-refractivity contribution in [3.05, 3.63) is 52.2 Å². The van der Waals surface area contributed by atoms with Gasteiger partial charge in [-0.15, -0.1) is 6.42 Å². The van der Waals surface area contributed by atoms with Crippen LogP contribution in [-0.2, 0) is 16.0 Å². The molecule has 1 amide bonds. The first kappa shape index (κ1) is 25.2. The minimum Gasteiger partial charge on any atom is -0.388 e. The van der Waals surface area contributed by atoms with E-state index in [1.165, 1.54) is 10.9 Å². The molecule has 1 aliphatic heterocycles. The van der Waals surface area contributed by atoms with Crippen molar-refractivity contribution in [2.24, 2.45) is 5.11 Å². The monoisotopic (exact) mass is 509 g/mol. The Morgan fingerprint density at radius 1 is 1.39 bits per heavy atom. The van der Waals surface area contributed by atoms with Gasteiger partial charge in [-0.25, -0.2) is 15.0 Å². The fourth-order valence-electron chi connectivity index (χ4n) is 3.79. The SMILES string of the molecule is C#Cc1cccc(CCNC(=O)CSc2nc3c(N)ncnc3n2[C@@H]2O[C@H](CN=[N+]=[N-])[C@@H](O)[C@H]2O)c1. The lowest BCUT2D eigenvalue weighted by Crippen LogP contribution is -2.33. The number of hydrogen-bond acceptors (Lipinski definition) is 10. The van der Waals surface area contributed by atoms with Gasteiger partial charge in [0, 0.05) is 17.0 Å². The van der Waals surface area contributed by atoms with Crippen molar-refractivity contribution in [1.29, 1.82) is 0 Å². The number of carbonyl (C=O) groups is 1. The Hall–Kier alpha value is -3.86. The van der Waals surface area contributed by atoms with Crippen molar-refractivity contribution >= 4 is 34.7 Å². The topological polar surface area (TPSA) is 197 Å². The number of thioether (sulfide) groups is 1. The number of azide groups is 1. The van der Waals surface area contributed by atoms with Crippen molar-refractivity contribution in [2.45, 2.75) is 36.1 Å². The number of rotatable bonds is 9. The molecule has 3 aromatic rings. The Morgan fingerprint density at radius 2 is 2.22 bits per heavy atom. The number of amides is 1. The zero-order valence-corrected chi connectivity index (χ0v) is 19.7. The summed E-state index contributed by atoms with van der Waals surface area (Å²) in [6, 6.07) is 7.54. The van der Waals surface area contributed by atoms with E-state index in [2.05, 4.69) is 36.2 Å². The number of anilines is 1. The molecule has 0 saturated carbocycles. The average molecular weight is 510 g/mol. The first-order valence-corrected chi connectivity index (χ1v) is 11.9. The number of imidazole rings is 1. The molecule has 0 radical (unpaired) electrons. The number of terminal acetylenes is 1. The lowest BCUT2D eigenvalue weighted by molar-refractivity contribution is -0.118. The number of aliphatic hydroxyl groups excluding tert-OH is 2. The number of nitrogens with zero attached hydrogens (tertiary/aromatic N) is 7. The number of nitrogen functional groups attached to an aromatic ring is 1. The molecule has 0 unspecified atom stereocenters. The second-order valence-corrected chi connectivity index (χ2v) is 8.83. The molecule has 4 atom stereocenters. The maximum Gasteiger partial charge on any atom is 0.230 e. The van der Waals surface area contributed by atoms with E-state index in [0.29, 0.717) is 13.0 Å². The molecule has 1 fully saturated rings. The van der Waals surface area contributed by atoms with Crippen molar-refractivity contribution < 1.29 is 19.7 Å². The minimum absolute atomic E-state index is 0.00851. The summed E-state index contributed by atoms with van der Waals surface area (Å²) in [6.07, 6.45) is 2.55. The molecule has 0 spiro atoms. The molecule has 0 bridgehead atoms. The molecule has 186 valence electrons. The Balaban J connectivity index is 1.47. The first-order valence-electron chi connectivity index (χ1n) is 10.9. The van der Waals surface area contributed by atoms with Gasteiger partial charge in [-0.1, -0.05) is 34.9 Å². The van der Waals surface area contributed by atoms with E-state index in [-0.39, 0.29) is 40.3 Å². The third-order valence-electron chi connectivity index (χ3n) is 5.55. The fourth-order valence-corrected chi connectivity index (χ4v) is 4.64. The van der Waals surface area contributed by atoms with E-state index in [9.17, 15) is 15.0 Å².